The Morgan fingerprint density at radius 3 is 2.04 bits per heavy atom. The Labute approximate surface area is 195 Å². The molecule has 1 saturated carbocycles. The molecule has 0 aromatic carbocycles. The zero-order valence-electron chi connectivity index (χ0n) is 12.4. The van der Waals surface area contributed by atoms with Gasteiger partial charge in [0, 0.05) is 11.8 Å². The molecule has 0 amide bonds. The zero-order valence-corrected chi connectivity index (χ0v) is 20.6. The van der Waals surface area contributed by atoms with Crippen LogP contribution < -0.4 is 0 Å². The highest BCUT2D eigenvalue weighted by Gasteiger charge is 2.83. The lowest BCUT2D eigenvalue weighted by Gasteiger charge is -2.34. The summed E-state index contributed by atoms with van der Waals surface area (Å²) in [5.74, 6) is -0.470. The predicted octanol–water partition coefficient (Wildman–Crippen LogP) is 6.29. The molecule has 0 radical (unpaired) electrons. The van der Waals surface area contributed by atoms with Crippen LogP contribution in [0.4, 0.5) is 0 Å². The fraction of sp³-hybridized carbons (Fsp3) is 0.692. The van der Waals surface area contributed by atoms with Gasteiger partial charge in [0.05, 0.1) is 15.4 Å². The monoisotopic (exact) mass is 620 g/mol. The second kappa shape index (κ2) is 7.44. The first kappa shape index (κ1) is 23.4. The summed E-state index contributed by atoms with van der Waals surface area (Å²) in [6.45, 7) is 1.70. The Balaban J connectivity index is 0.000000242. The Hall–Kier alpha value is 2.15. The van der Waals surface area contributed by atoms with Gasteiger partial charge in [-0.25, -0.2) is 0 Å². The molecule has 25 heavy (non-hydrogen) atoms. The van der Waals surface area contributed by atoms with Gasteiger partial charge in [-0.3, -0.25) is 4.55 Å². The zero-order chi connectivity index (χ0) is 19.6. The number of allylic oxidation sites excluding steroid dienone is 4. The van der Waals surface area contributed by atoms with Crippen LogP contribution in [0.15, 0.2) is 22.2 Å². The summed E-state index contributed by atoms with van der Waals surface area (Å²) in [7, 11) is -3.77. The molecule has 0 spiro atoms. The number of halogens is 8. The van der Waals surface area contributed by atoms with E-state index in [-0.39, 0.29) is 27.3 Å². The van der Waals surface area contributed by atoms with Gasteiger partial charge in [0.1, 0.15) is 13.0 Å². The van der Waals surface area contributed by atoms with Gasteiger partial charge in [-0.05, 0) is 6.42 Å². The topological polar surface area (TPSA) is 54.4 Å². The van der Waals surface area contributed by atoms with Crippen LogP contribution in [0.3, 0.4) is 0 Å². The molecule has 1 N–H and O–H groups in total. The lowest BCUT2D eigenvalue weighted by atomic mass is 9.84. The largest absolute Gasteiger partial charge is 0.285 e. The van der Waals surface area contributed by atoms with Crippen molar-refractivity contribution in [2.45, 2.75) is 36.1 Å². The number of hydrogen-bond donors (Lipinski definition) is 1. The van der Waals surface area contributed by atoms with Crippen molar-refractivity contribution in [1.29, 1.82) is 0 Å². The third-order valence-corrected chi connectivity index (χ3v) is 13.0. The molecule has 6 unspecified atom stereocenters. The lowest BCUT2D eigenvalue weighted by molar-refractivity contribution is 0.420. The summed E-state index contributed by atoms with van der Waals surface area (Å²) in [6, 6.07) is 0. The van der Waals surface area contributed by atoms with E-state index in [1.807, 2.05) is 12.2 Å². The molecule has 12 heteroatoms. The SMILES string of the molecule is CCC(I)S(=O)(=O)O.ClC1=C(Cl)C2(Cl)C3C(Cl)C=CC3C1(Cl)C2(Cl)Cl. The molecular weight excluding hydrogens is 611 g/mol. The van der Waals surface area contributed by atoms with Crippen molar-refractivity contribution in [2.75, 3.05) is 0 Å². The molecular formula is C13H12Cl7IO3S. The van der Waals surface area contributed by atoms with E-state index in [1.165, 1.54) is 0 Å². The Kier molecular flexibility index (Phi) is 6.97. The van der Waals surface area contributed by atoms with Crippen molar-refractivity contribution in [3.8, 4) is 0 Å². The van der Waals surface area contributed by atoms with Crippen molar-refractivity contribution < 1.29 is 13.0 Å². The minimum atomic E-state index is -3.77. The van der Waals surface area contributed by atoms with Gasteiger partial charge >= 0.3 is 0 Å². The average Bonchev–Trinajstić information content (AvgIpc) is 2.99. The third kappa shape index (κ3) is 3.19. The molecule has 0 aromatic heterocycles. The maximum atomic E-state index is 10.1. The second-order valence-electron chi connectivity index (χ2n) is 5.84. The molecule has 3 rings (SSSR count). The van der Waals surface area contributed by atoms with Crippen LogP contribution in [0.2, 0.25) is 0 Å². The Bertz CT molecular complexity index is 740. The molecule has 144 valence electrons. The van der Waals surface area contributed by atoms with Crippen LogP contribution in [0.5, 0.6) is 0 Å². The van der Waals surface area contributed by atoms with Gasteiger partial charge in [0.2, 0.25) is 0 Å². The van der Waals surface area contributed by atoms with Crippen LogP contribution in [0, 0.1) is 11.8 Å². The number of fused-ring (bicyclic) bond motifs is 5. The molecule has 0 aromatic rings. The van der Waals surface area contributed by atoms with Crippen molar-refractivity contribution >= 4 is 114 Å². The number of alkyl halides is 6. The van der Waals surface area contributed by atoms with E-state index in [2.05, 4.69) is 0 Å². The maximum Gasteiger partial charge on any atom is 0.277 e. The van der Waals surface area contributed by atoms with Crippen molar-refractivity contribution in [1.82, 2.24) is 0 Å². The molecule has 6 atom stereocenters. The van der Waals surface area contributed by atoms with E-state index >= 15 is 0 Å². The maximum absolute atomic E-state index is 10.1. The fourth-order valence-electron chi connectivity index (χ4n) is 3.29. The van der Waals surface area contributed by atoms with E-state index in [0.717, 1.165) is 0 Å². The van der Waals surface area contributed by atoms with Gasteiger partial charge in [-0.2, -0.15) is 8.42 Å². The summed E-state index contributed by atoms with van der Waals surface area (Å²) in [5.41, 5.74) is 0. The average molecular weight is 623 g/mol. The summed E-state index contributed by atoms with van der Waals surface area (Å²) in [5, 5.41) is 0.113. The van der Waals surface area contributed by atoms with Crippen LogP contribution >= 0.6 is 104 Å². The smallest absolute Gasteiger partial charge is 0.277 e. The van der Waals surface area contributed by atoms with Gasteiger partial charge in [0.25, 0.3) is 10.1 Å². The second-order valence-corrected chi connectivity index (χ2v) is 13.6. The Morgan fingerprint density at radius 1 is 1.16 bits per heavy atom. The fourth-order valence-corrected chi connectivity index (χ4v) is 7.23. The van der Waals surface area contributed by atoms with Crippen molar-refractivity contribution in [2.24, 2.45) is 11.8 Å². The summed E-state index contributed by atoms with van der Waals surface area (Å²) in [4.78, 5) is -2.45. The van der Waals surface area contributed by atoms with E-state index in [1.54, 1.807) is 29.5 Å². The molecule has 3 aliphatic rings. The third-order valence-electron chi connectivity index (χ3n) is 4.54. The molecule has 0 saturated heterocycles. The molecule has 0 aliphatic heterocycles. The van der Waals surface area contributed by atoms with E-state index in [4.69, 9.17) is 85.8 Å². The Morgan fingerprint density at radius 2 is 1.64 bits per heavy atom. The molecule has 0 heterocycles. The number of hydrogen-bond acceptors (Lipinski definition) is 2. The van der Waals surface area contributed by atoms with Gasteiger partial charge < -0.3 is 0 Å². The molecule has 3 aliphatic carbocycles. The lowest BCUT2D eigenvalue weighted by Crippen LogP contribution is -2.45. The number of rotatable bonds is 2. The first-order valence-electron chi connectivity index (χ1n) is 6.93. The minimum absolute atomic E-state index is 0.205. The first-order chi connectivity index (χ1) is 11.2. The standard InChI is InChI=1S/C10H5Cl7.C3H7IO3S/c11-4-2-1-3-5(4)9(15)7(13)6(12)8(3,14)10(9,16)17;1-2-3(4)8(5,6)7/h1-5H;3H,2H2,1H3,(H,5,6,7). The van der Waals surface area contributed by atoms with Crippen molar-refractivity contribution in [3.63, 3.8) is 0 Å². The first-order valence-corrected chi connectivity index (χ1v) is 12.4. The summed E-state index contributed by atoms with van der Waals surface area (Å²) >= 11 is 46.1. The molecule has 3 nitrogen and oxygen atoms in total. The van der Waals surface area contributed by atoms with Crippen molar-refractivity contribution in [3.05, 3.63) is 22.2 Å². The van der Waals surface area contributed by atoms with Crippen LogP contribution in [-0.4, -0.2) is 35.7 Å². The highest BCUT2D eigenvalue weighted by molar-refractivity contribution is 14.1. The quantitative estimate of drug-likeness (QED) is 0.171. The van der Waals surface area contributed by atoms with Gasteiger partial charge in [-0.15, -0.1) is 34.8 Å². The van der Waals surface area contributed by atoms with E-state index < -0.39 is 27.5 Å². The van der Waals surface area contributed by atoms with E-state index in [9.17, 15) is 8.42 Å². The van der Waals surface area contributed by atoms with Crippen LogP contribution in [-0.2, 0) is 10.1 Å². The minimum Gasteiger partial charge on any atom is -0.285 e. The van der Waals surface area contributed by atoms with Gasteiger partial charge in [-0.1, -0.05) is 88.1 Å². The molecule has 1 fully saturated rings. The summed E-state index contributed by atoms with van der Waals surface area (Å²) in [6.07, 6.45) is 4.14. The highest BCUT2D eigenvalue weighted by Crippen LogP contribution is 2.78. The summed E-state index contributed by atoms with van der Waals surface area (Å²) < 4.78 is 26.3. The highest BCUT2D eigenvalue weighted by atomic mass is 127. The normalized spacial score (nSPS) is 42.2. The van der Waals surface area contributed by atoms with Crippen LogP contribution in [0.25, 0.3) is 0 Å². The van der Waals surface area contributed by atoms with Gasteiger partial charge in [0.15, 0.2) is 4.33 Å². The molecule has 2 bridgehead atoms. The van der Waals surface area contributed by atoms with Crippen LogP contribution in [0.1, 0.15) is 13.3 Å². The van der Waals surface area contributed by atoms with E-state index in [0.29, 0.717) is 6.42 Å². The predicted molar refractivity (Wildman–Crippen MR) is 116 cm³/mol.